The van der Waals surface area contributed by atoms with E-state index in [0.29, 0.717) is 0 Å². The quantitative estimate of drug-likeness (QED) is 0.617. The third-order valence-corrected chi connectivity index (χ3v) is 1.96. The largest absolute Gasteiger partial charge is 0.318 e. The van der Waals surface area contributed by atoms with E-state index in [4.69, 9.17) is 0 Å². The Kier molecular flexibility index (Phi) is 1.30. The van der Waals surface area contributed by atoms with Crippen molar-refractivity contribution >= 4 is 10.9 Å². The first-order valence-electron chi connectivity index (χ1n) is 3.70. The maximum absolute atomic E-state index is 11.2. The Hall–Kier alpha value is -1.58. The SMILES string of the molecule is Cc1n[nH]c2cc(=O)n(C)cc12. The van der Waals surface area contributed by atoms with Gasteiger partial charge in [-0.2, -0.15) is 5.10 Å². The Bertz CT molecular complexity index is 480. The summed E-state index contributed by atoms with van der Waals surface area (Å²) < 4.78 is 1.55. The van der Waals surface area contributed by atoms with Gasteiger partial charge in [0.2, 0.25) is 0 Å². The van der Waals surface area contributed by atoms with Gasteiger partial charge in [0.25, 0.3) is 5.56 Å². The molecule has 0 unspecified atom stereocenters. The Morgan fingerprint density at radius 3 is 3.08 bits per heavy atom. The molecule has 0 saturated carbocycles. The second kappa shape index (κ2) is 2.20. The minimum atomic E-state index is -0.0221. The first-order valence-corrected chi connectivity index (χ1v) is 3.70. The van der Waals surface area contributed by atoms with E-state index in [9.17, 15) is 4.79 Å². The molecule has 2 heterocycles. The van der Waals surface area contributed by atoms with Crippen LogP contribution in [0, 0.1) is 6.92 Å². The highest BCUT2D eigenvalue weighted by Crippen LogP contribution is 2.10. The van der Waals surface area contributed by atoms with Crippen LogP contribution in [0.3, 0.4) is 0 Å². The zero-order chi connectivity index (χ0) is 8.72. The first-order chi connectivity index (χ1) is 5.68. The molecule has 0 spiro atoms. The average Bonchev–Trinajstić information content (AvgIpc) is 2.35. The fraction of sp³-hybridized carbons (Fsp3) is 0.250. The van der Waals surface area contributed by atoms with Gasteiger partial charge in [-0.15, -0.1) is 0 Å². The molecule has 0 aliphatic rings. The van der Waals surface area contributed by atoms with Crippen molar-refractivity contribution in [3.63, 3.8) is 0 Å². The van der Waals surface area contributed by atoms with Gasteiger partial charge in [-0.1, -0.05) is 0 Å². The topological polar surface area (TPSA) is 50.7 Å². The number of aromatic nitrogens is 3. The molecule has 0 saturated heterocycles. The molecule has 62 valence electrons. The molecule has 1 N–H and O–H groups in total. The number of H-pyrrole nitrogens is 1. The maximum atomic E-state index is 11.2. The summed E-state index contributed by atoms with van der Waals surface area (Å²) in [5.41, 5.74) is 1.70. The normalized spacial score (nSPS) is 10.8. The van der Waals surface area contributed by atoms with E-state index in [-0.39, 0.29) is 5.56 Å². The second-order valence-electron chi connectivity index (χ2n) is 2.86. The Balaban J connectivity index is 2.97. The summed E-state index contributed by atoms with van der Waals surface area (Å²) in [6, 6.07) is 1.55. The number of aryl methyl sites for hydroxylation is 2. The van der Waals surface area contributed by atoms with Crippen molar-refractivity contribution in [2.75, 3.05) is 0 Å². The minimum Gasteiger partial charge on any atom is -0.318 e. The molecule has 0 fully saturated rings. The predicted octanol–water partition coefficient (Wildman–Crippen LogP) is 0.570. The zero-order valence-corrected chi connectivity index (χ0v) is 6.96. The van der Waals surface area contributed by atoms with E-state index in [2.05, 4.69) is 10.2 Å². The van der Waals surface area contributed by atoms with E-state index in [1.807, 2.05) is 6.92 Å². The molecule has 0 bridgehead atoms. The average molecular weight is 163 g/mol. The Labute approximate surface area is 68.8 Å². The van der Waals surface area contributed by atoms with Crippen LogP contribution in [0.5, 0.6) is 0 Å². The van der Waals surface area contributed by atoms with Crippen LogP contribution in [0.1, 0.15) is 5.69 Å². The molecule has 0 aliphatic heterocycles. The molecule has 0 aliphatic carbocycles. The van der Waals surface area contributed by atoms with Crippen LogP contribution in [-0.4, -0.2) is 14.8 Å². The summed E-state index contributed by atoms with van der Waals surface area (Å²) in [6.07, 6.45) is 1.79. The number of rotatable bonds is 0. The smallest absolute Gasteiger partial charge is 0.252 e. The summed E-state index contributed by atoms with van der Waals surface area (Å²) in [5.74, 6) is 0. The maximum Gasteiger partial charge on any atom is 0.252 e. The third-order valence-electron chi connectivity index (χ3n) is 1.96. The molecule has 4 nitrogen and oxygen atoms in total. The van der Waals surface area contributed by atoms with Crippen LogP contribution in [0.2, 0.25) is 0 Å². The van der Waals surface area contributed by atoms with E-state index in [1.165, 1.54) is 0 Å². The van der Waals surface area contributed by atoms with Crippen LogP contribution in [-0.2, 0) is 7.05 Å². The fourth-order valence-electron chi connectivity index (χ4n) is 1.21. The third kappa shape index (κ3) is 0.845. The van der Waals surface area contributed by atoms with Crippen molar-refractivity contribution < 1.29 is 0 Å². The molecule has 0 amide bonds. The number of nitrogens with one attached hydrogen (secondary N) is 1. The van der Waals surface area contributed by atoms with Gasteiger partial charge in [0.15, 0.2) is 0 Å². The van der Waals surface area contributed by atoms with Crippen molar-refractivity contribution in [1.82, 2.24) is 14.8 Å². The second-order valence-corrected chi connectivity index (χ2v) is 2.86. The van der Waals surface area contributed by atoms with Crippen molar-refractivity contribution in [3.05, 3.63) is 28.3 Å². The molecule has 0 atom stereocenters. The number of nitrogens with zero attached hydrogens (tertiary/aromatic N) is 2. The highest BCUT2D eigenvalue weighted by Gasteiger charge is 2.01. The number of pyridine rings is 1. The molecule has 12 heavy (non-hydrogen) atoms. The summed E-state index contributed by atoms with van der Waals surface area (Å²) in [4.78, 5) is 11.2. The number of aromatic amines is 1. The van der Waals surface area contributed by atoms with Crippen molar-refractivity contribution in [2.45, 2.75) is 6.92 Å². The van der Waals surface area contributed by atoms with Crippen LogP contribution in [0.15, 0.2) is 17.1 Å². The zero-order valence-electron chi connectivity index (χ0n) is 6.96. The van der Waals surface area contributed by atoms with Gasteiger partial charge in [-0.3, -0.25) is 9.89 Å². The number of fused-ring (bicyclic) bond motifs is 1. The fourth-order valence-corrected chi connectivity index (χ4v) is 1.21. The molecular formula is C8H9N3O. The van der Waals surface area contributed by atoms with E-state index >= 15 is 0 Å². The van der Waals surface area contributed by atoms with Gasteiger partial charge in [0.05, 0.1) is 11.2 Å². The molecular weight excluding hydrogens is 154 g/mol. The van der Waals surface area contributed by atoms with Gasteiger partial charge in [-0.05, 0) is 6.92 Å². The summed E-state index contributed by atoms with van der Waals surface area (Å²) in [5, 5.41) is 7.79. The lowest BCUT2D eigenvalue weighted by Crippen LogP contribution is -2.13. The van der Waals surface area contributed by atoms with Crippen molar-refractivity contribution in [2.24, 2.45) is 7.05 Å². The molecule has 4 heteroatoms. The molecule has 2 rings (SSSR count). The van der Waals surface area contributed by atoms with Gasteiger partial charge in [-0.25, -0.2) is 0 Å². The van der Waals surface area contributed by atoms with Crippen molar-refractivity contribution in [1.29, 1.82) is 0 Å². The Morgan fingerprint density at radius 1 is 1.58 bits per heavy atom. The molecule has 0 aromatic carbocycles. The highest BCUT2D eigenvalue weighted by molar-refractivity contribution is 5.79. The number of hydrogen-bond acceptors (Lipinski definition) is 2. The van der Waals surface area contributed by atoms with Crippen LogP contribution >= 0.6 is 0 Å². The van der Waals surface area contributed by atoms with E-state index in [0.717, 1.165) is 16.6 Å². The molecule has 2 aromatic rings. The van der Waals surface area contributed by atoms with Crippen LogP contribution in [0.25, 0.3) is 10.9 Å². The summed E-state index contributed by atoms with van der Waals surface area (Å²) >= 11 is 0. The number of hydrogen-bond donors (Lipinski definition) is 1. The summed E-state index contributed by atoms with van der Waals surface area (Å²) in [6.45, 7) is 1.91. The lowest BCUT2D eigenvalue weighted by Gasteiger charge is -1.95. The first kappa shape index (κ1) is 7.09. The van der Waals surface area contributed by atoms with E-state index < -0.39 is 0 Å². The van der Waals surface area contributed by atoms with Gasteiger partial charge < -0.3 is 4.57 Å². The predicted molar refractivity (Wildman–Crippen MR) is 46.1 cm³/mol. The van der Waals surface area contributed by atoms with Crippen LogP contribution < -0.4 is 5.56 Å². The van der Waals surface area contributed by atoms with Crippen molar-refractivity contribution in [3.8, 4) is 0 Å². The molecule has 0 radical (unpaired) electrons. The van der Waals surface area contributed by atoms with Gasteiger partial charge in [0, 0.05) is 24.7 Å². The standard InChI is InChI=1S/C8H9N3O/c1-5-6-4-11(2)8(12)3-7(6)10-9-5/h3-4,10H,1-2H3. The monoisotopic (exact) mass is 163 g/mol. The minimum absolute atomic E-state index is 0.0221. The summed E-state index contributed by atoms with van der Waals surface area (Å²) in [7, 11) is 1.73. The van der Waals surface area contributed by atoms with Gasteiger partial charge >= 0.3 is 0 Å². The van der Waals surface area contributed by atoms with Gasteiger partial charge in [0.1, 0.15) is 0 Å². The van der Waals surface area contributed by atoms with Crippen LogP contribution in [0.4, 0.5) is 0 Å². The highest BCUT2D eigenvalue weighted by atomic mass is 16.1. The Morgan fingerprint density at radius 2 is 2.33 bits per heavy atom. The molecule has 2 aromatic heterocycles. The van der Waals surface area contributed by atoms with E-state index in [1.54, 1.807) is 23.9 Å². The lowest BCUT2D eigenvalue weighted by atomic mass is 10.3. The lowest BCUT2D eigenvalue weighted by molar-refractivity contribution is 0.870.